The van der Waals surface area contributed by atoms with Crippen LogP contribution in [0.25, 0.3) is 0 Å². The smallest absolute Gasteiger partial charge is 0.231 e. The summed E-state index contributed by atoms with van der Waals surface area (Å²) in [6.07, 6.45) is 1.18. The lowest BCUT2D eigenvalue weighted by atomic mass is 9.92. The Morgan fingerprint density at radius 1 is 1.11 bits per heavy atom. The summed E-state index contributed by atoms with van der Waals surface area (Å²) in [6, 6.07) is 13.7. The molecule has 2 aromatic carbocycles. The maximum Gasteiger partial charge on any atom is 0.231 e. The summed E-state index contributed by atoms with van der Waals surface area (Å²) in [5.41, 5.74) is 4.98. The molecular weight excluding hydrogens is 390 g/mol. The van der Waals surface area contributed by atoms with Crippen molar-refractivity contribution in [3.8, 4) is 0 Å². The first-order valence-corrected chi connectivity index (χ1v) is 11.4. The summed E-state index contributed by atoms with van der Waals surface area (Å²) in [5, 5.41) is 7.08. The Morgan fingerprint density at radius 3 is 2.36 bits per heavy atom. The maximum absolute atomic E-state index is 11.8. The van der Waals surface area contributed by atoms with Crippen molar-refractivity contribution in [3.05, 3.63) is 59.2 Å². The largest absolute Gasteiger partial charge is 0.355 e. The van der Waals surface area contributed by atoms with E-state index < -0.39 is 10.0 Å². The highest BCUT2D eigenvalue weighted by atomic mass is 32.2. The van der Waals surface area contributed by atoms with Crippen LogP contribution in [0.5, 0.6) is 0 Å². The summed E-state index contributed by atoms with van der Waals surface area (Å²) < 4.78 is 24.8. The van der Waals surface area contributed by atoms with Gasteiger partial charge in [-0.25, -0.2) is 8.42 Å². The highest BCUT2D eigenvalue weighted by Crippen LogP contribution is 2.26. The van der Waals surface area contributed by atoms with Gasteiger partial charge in [0.25, 0.3) is 0 Å². The Hall–Kier alpha value is -2.12. The van der Waals surface area contributed by atoms with Crippen LogP contribution >= 0.6 is 12.2 Å². The lowest BCUT2D eigenvalue weighted by Crippen LogP contribution is -2.35. The summed E-state index contributed by atoms with van der Waals surface area (Å²) in [5.74, 6) is 0.337. The molecule has 1 unspecified atom stereocenters. The average Bonchev–Trinajstić information content (AvgIpc) is 2.59. The van der Waals surface area contributed by atoms with Crippen LogP contribution in [0.3, 0.4) is 0 Å². The zero-order valence-electron chi connectivity index (χ0n) is 17.3. The quantitative estimate of drug-likeness (QED) is 0.680. The molecule has 7 heteroatoms. The van der Waals surface area contributed by atoms with Crippen LogP contribution < -0.4 is 14.9 Å². The second-order valence-electron chi connectivity index (χ2n) is 7.46. The fraction of sp³-hybridized carbons (Fsp3) is 0.381. The fourth-order valence-electron chi connectivity index (χ4n) is 3.06. The highest BCUT2D eigenvalue weighted by molar-refractivity contribution is 7.92. The number of thiocarbonyl (C=S) groups is 1. The van der Waals surface area contributed by atoms with Crippen molar-refractivity contribution in [2.45, 2.75) is 33.7 Å². The molecule has 0 radical (unpaired) electrons. The SMILES string of the molecule is Cc1ccc(C(NC(=S)Nc2cccc(N(C)S(C)(=O)=O)c2)C(C)C)c(C)c1. The maximum atomic E-state index is 11.8. The minimum atomic E-state index is -3.32. The van der Waals surface area contributed by atoms with Crippen LogP contribution in [0.15, 0.2) is 42.5 Å². The molecule has 0 amide bonds. The van der Waals surface area contributed by atoms with E-state index in [2.05, 4.69) is 56.5 Å². The van der Waals surface area contributed by atoms with Gasteiger partial charge < -0.3 is 10.6 Å². The zero-order chi connectivity index (χ0) is 21.1. The van der Waals surface area contributed by atoms with Crippen LogP contribution in [0.4, 0.5) is 11.4 Å². The first-order valence-electron chi connectivity index (χ1n) is 9.17. The van der Waals surface area contributed by atoms with E-state index in [1.54, 1.807) is 18.2 Å². The van der Waals surface area contributed by atoms with Gasteiger partial charge in [-0.3, -0.25) is 4.31 Å². The number of anilines is 2. The van der Waals surface area contributed by atoms with E-state index in [0.29, 0.717) is 16.7 Å². The van der Waals surface area contributed by atoms with Crippen molar-refractivity contribution in [1.82, 2.24) is 5.32 Å². The van der Waals surface area contributed by atoms with Gasteiger partial charge in [0.1, 0.15) is 0 Å². The van der Waals surface area contributed by atoms with E-state index >= 15 is 0 Å². The molecule has 28 heavy (non-hydrogen) atoms. The number of nitrogens with zero attached hydrogens (tertiary/aromatic N) is 1. The summed E-state index contributed by atoms with van der Waals surface area (Å²) in [7, 11) is -1.79. The van der Waals surface area contributed by atoms with Crippen LogP contribution in [0.1, 0.15) is 36.6 Å². The van der Waals surface area contributed by atoms with E-state index in [-0.39, 0.29) is 6.04 Å². The molecular formula is C21H29N3O2S2. The molecule has 1 atom stereocenters. The van der Waals surface area contributed by atoms with E-state index in [1.165, 1.54) is 34.3 Å². The molecule has 0 aliphatic carbocycles. The number of rotatable bonds is 6. The van der Waals surface area contributed by atoms with Gasteiger partial charge in [-0.2, -0.15) is 0 Å². The van der Waals surface area contributed by atoms with E-state index in [1.807, 2.05) is 6.07 Å². The first-order chi connectivity index (χ1) is 13.0. The minimum absolute atomic E-state index is 0.0717. The highest BCUT2D eigenvalue weighted by Gasteiger charge is 2.19. The third-order valence-corrected chi connectivity index (χ3v) is 6.10. The summed E-state index contributed by atoms with van der Waals surface area (Å²) in [6.45, 7) is 8.50. The van der Waals surface area contributed by atoms with Gasteiger partial charge in [-0.05, 0) is 61.3 Å². The van der Waals surface area contributed by atoms with Gasteiger partial charge in [0, 0.05) is 12.7 Å². The molecule has 2 N–H and O–H groups in total. The number of hydrogen-bond acceptors (Lipinski definition) is 3. The van der Waals surface area contributed by atoms with Crippen LogP contribution in [0, 0.1) is 19.8 Å². The summed E-state index contributed by atoms with van der Waals surface area (Å²) >= 11 is 5.53. The molecule has 0 saturated heterocycles. The van der Waals surface area contributed by atoms with Gasteiger partial charge in [0.15, 0.2) is 5.11 Å². The zero-order valence-corrected chi connectivity index (χ0v) is 18.9. The Balaban J connectivity index is 2.18. The van der Waals surface area contributed by atoms with Crippen molar-refractivity contribution < 1.29 is 8.42 Å². The number of aryl methyl sites for hydroxylation is 2. The van der Waals surface area contributed by atoms with Crippen LogP contribution in [-0.2, 0) is 10.0 Å². The lowest BCUT2D eigenvalue weighted by Gasteiger charge is -2.26. The lowest BCUT2D eigenvalue weighted by molar-refractivity contribution is 0.471. The first kappa shape index (κ1) is 22.2. The average molecular weight is 420 g/mol. The monoisotopic (exact) mass is 419 g/mol. The molecule has 0 saturated carbocycles. The second-order valence-corrected chi connectivity index (χ2v) is 9.88. The molecule has 0 bridgehead atoms. The van der Waals surface area contributed by atoms with Crippen molar-refractivity contribution in [3.63, 3.8) is 0 Å². The Morgan fingerprint density at radius 2 is 1.79 bits per heavy atom. The van der Waals surface area contributed by atoms with Crippen molar-refractivity contribution in [2.24, 2.45) is 5.92 Å². The third-order valence-electron chi connectivity index (χ3n) is 4.68. The topological polar surface area (TPSA) is 61.4 Å². The molecule has 0 aliphatic rings. The van der Waals surface area contributed by atoms with Gasteiger partial charge in [-0.1, -0.05) is 43.7 Å². The van der Waals surface area contributed by atoms with Crippen molar-refractivity contribution in [1.29, 1.82) is 0 Å². The number of sulfonamides is 1. The number of benzene rings is 2. The fourth-order valence-corrected chi connectivity index (χ4v) is 3.80. The Labute approximate surface area is 174 Å². The second kappa shape index (κ2) is 8.92. The van der Waals surface area contributed by atoms with Crippen LogP contribution in [-0.4, -0.2) is 26.8 Å². The predicted octanol–water partition coefficient (Wildman–Crippen LogP) is 4.38. The molecule has 2 aromatic rings. The molecule has 5 nitrogen and oxygen atoms in total. The molecule has 0 heterocycles. The van der Waals surface area contributed by atoms with E-state index in [0.717, 1.165) is 5.69 Å². The van der Waals surface area contributed by atoms with E-state index in [9.17, 15) is 8.42 Å². The van der Waals surface area contributed by atoms with Gasteiger partial charge in [0.2, 0.25) is 10.0 Å². The number of nitrogens with one attached hydrogen (secondary N) is 2. The number of hydrogen-bond donors (Lipinski definition) is 2. The third kappa shape index (κ3) is 5.69. The van der Waals surface area contributed by atoms with Gasteiger partial charge in [0.05, 0.1) is 18.0 Å². The van der Waals surface area contributed by atoms with Gasteiger partial charge in [-0.15, -0.1) is 0 Å². The molecule has 0 spiro atoms. The molecule has 0 fully saturated rings. The van der Waals surface area contributed by atoms with Crippen molar-refractivity contribution >= 4 is 38.7 Å². The molecule has 0 aliphatic heterocycles. The molecule has 2 rings (SSSR count). The van der Waals surface area contributed by atoms with Gasteiger partial charge >= 0.3 is 0 Å². The minimum Gasteiger partial charge on any atom is -0.355 e. The normalized spacial score (nSPS) is 12.5. The standard InChI is InChI=1S/C21H29N3O2S2/c1-14(2)20(19-11-10-15(3)12-16(19)4)23-21(27)22-17-8-7-9-18(13-17)24(5)28(6,25)26/h7-14,20H,1-6H3,(H2,22,23,27). The molecule has 0 aromatic heterocycles. The van der Waals surface area contributed by atoms with Crippen LogP contribution in [0.2, 0.25) is 0 Å². The van der Waals surface area contributed by atoms with E-state index in [4.69, 9.17) is 12.2 Å². The molecule has 152 valence electrons. The Kier molecular flexibility index (Phi) is 7.06. The van der Waals surface area contributed by atoms with Crippen molar-refractivity contribution in [2.75, 3.05) is 22.9 Å². The summed E-state index contributed by atoms with van der Waals surface area (Å²) in [4.78, 5) is 0. The predicted molar refractivity (Wildman–Crippen MR) is 123 cm³/mol. The Bertz CT molecular complexity index is 956.